The second-order valence-electron chi connectivity index (χ2n) is 15.2. The molecule has 5 heterocycles. The molecule has 0 spiro atoms. The average Bonchev–Trinajstić information content (AvgIpc) is 4.17. The summed E-state index contributed by atoms with van der Waals surface area (Å²) < 4.78 is 22.9. The van der Waals surface area contributed by atoms with Crippen LogP contribution >= 0.6 is 15.9 Å². The van der Waals surface area contributed by atoms with E-state index in [0.29, 0.717) is 6.61 Å². The van der Waals surface area contributed by atoms with Gasteiger partial charge < -0.3 is 28.9 Å². The Morgan fingerprint density at radius 2 is 0.726 bits per heavy atom. The largest absolute Gasteiger partial charge is 0.497 e. The van der Waals surface area contributed by atoms with Gasteiger partial charge in [-0.25, -0.2) is 9.97 Å². The minimum atomic E-state index is 0.688. The van der Waals surface area contributed by atoms with Crippen LogP contribution in [0.4, 0.5) is 0 Å². The minimum Gasteiger partial charge on any atom is -0.497 e. The van der Waals surface area contributed by atoms with Crippen LogP contribution in [0.25, 0.3) is 90.9 Å². The number of fused-ring (bicyclic) bond motifs is 8. The number of nitrogens with zero attached hydrogens (tertiary/aromatic N) is 2. The van der Waals surface area contributed by atoms with E-state index in [1.807, 2.05) is 36.4 Å². The number of methoxy groups -OCH3 is 3. The van der Waals surface area contributed by atoms with Crippen molar-refractivity contribution in [3.8, 4) is 67.5 Å². The van der Waals surface area contributed by atoms with Crippen molar-refractivity contribution in [2.24, 2.45) is 0 Å². The molecule has 8 nitrogen and oxygen atoms in total. The van der Waals surface area contributed by atoms with Gasteiger partial charge >= 0.3 is 0 Å². The number of halogens is 1. The van der Waals surface area contributed by atoms with Gasteiger partial charge in [-0.15, -0.1) is 0 Å². The van der Waals surface area contributed by atoms with E-state index in [-0.39, 0.29) is 0 Å². The molecular weight excluding hydrogens is 837 g/mol. The molecule has 8 bridgehead atoms. The van der Waals surface area contributed by atoms with Gasteiger partial charge in [0.15, 0.2) is 0 Å². The van der Waals surface area contributed by atoms with Crippen molar-refractivity contribution in [3.05, 3.63) is 144 Å². The highest BCUT2D eigenvalue weighted by Gasteiger charge is 2.20. The Bertz CT molecular complexity index is 2780. The first-order valence-corrected chi connectivity index (χ1v) is 22.0. The molecule has 4 aromatic carbocycles. The molecule has 310 valence electrons. The van der Waals surface area contributed by atoms with Gasteiger partial charge in [-0.1, -0.05) is 77.3 Å². The Balaban J connectivity index is 1.32. The number of rotatable bonds is 14. The predicted molar refractivity (Wildman–Crippen MR) is 258 cm³/mol. The summed E-state index contributed by atoms with van der Waals surface area (Å²) in [6.07, 6.45) is 13.0. The molecule has 7 aromatic rings. The zero-order valence-corrected chi connectivity index (χ0v) is 36.6. The number of aromatic amines is 2. The van der Waals surface area contributed by atoms with Crippen LogP contribution in [0.5, 0.6) is 23.0 Å². The summed E-state index contributed by atoms with van der Waals surface area (Å²) in [6, 6.07) is 41.3. The van der Waals surface area contributed by atoms with E-state index in [9.17, 15) is 0 Å². The van der Waals surface area contributed by atoms with Crippen molar-refractivity contribution in [1.29, 1.82) is 0 Å². The van der Waals surface area contributed by atoms with Gasteiger partial charge in [0.1, 0.15) is 23.0 Å². The monoisotopic (exact) mass is 882 g/mol. The van der Waals surface area contributed by atoms with Gasteiger partial charge in [0.05, 0.1) is 50.7 Å². The van der Waals surface area contributed by atoms with Crippen molar-refractivity contribution in [2.45, 2.75) is 25.7 Å². The second-order valence-corrected chi connectivity index (χ2v) is 16.0. The Hall–Kier alpha value is -6.84. The first-order valence-electron chi connectivity index (χ1n) is 20.9. The van der Waals surface area contributed by atoms with Gasteiger partial charge in [-0.2, -0.15) is 0 Å². The first-order chi connectivity index (χ1) is 30.5. The van der Waals surface area contributed by atoms with Crippen molar-refractivity contribution in [3.63, 3.8) is 0 Å². The third-order valence-electron chi connectivity index (χ3n) is 11.3. The Morgan fingerprint density at radius 3 is 1.13 bits per heavy atom. The summed E-state index contributed by atoms with van der Waals surface area (Å²) in [7, 11) is 5.05. The van der Waals surface area contributed by atoms with E-state index >= 15 is 0 Å². The van der Waals surface area contributed by atoms with Gasteiger partial charge in [-0.05, 0) is 132 Å². The third kappa shape index (κ3) is 8.41. The average molecular weight is 884 g/mol. The molecule has 0 aliphatic carbocycles. The summed E-state index contributed by atoms with van der Waals surface area (Å²) in [5.74, 6) is 3.20. The zero-order valence-electron chi connectivity index (χ0n) is 35.0. The van der Waals surface area contributed by atoms with Crippen LogP contribution in [0, 0.1) is 0 Å². The Labute approximate surface area is 370 Å². The van der Waals surface area contributed by atoms with Gasteiger partial charge in [0, 0.05) is 49.7 Å². The van der Waals surface area contributed by atoms with Crippen molar-refractivity contribution in [1.82, 2.24) is 19.9 Å². The number of alkyl halides is 1. The lowest BCUT2D eigenvalue weighted by Crippen LogP contribution is -1.97. The van der Waals surface area contributed by atoms with Crippen LogP contribution in [0.1, 0.15) is 48.5 Å². The minimum absolute atomic E-state index is 0.688. The normalized spacial score (nSPS) is 11.8. The number of nitrogens with one attached hydrogen (secondary N) is 2. The summed E-state index contributed by atoms with van der Waals surface area (Å²) >= 11 is 3.53. The lowest BCUT2D eigenvalue weighted by atomic mass is 10.0. The highest BCUT2D eigenvalue weighted by Crippen LogP contribution is 2.39. The van der Waals surface area contributed by atoms with Crippen LogP contribution in [0.2, 0.25) is 0 Å². The number of unbranched alkanes of at least 4 members (excludes halogenated alkanes) is 3. The number of ether oxygens (including phenoxy) is 4. The van der Waals surface area contributed by atoms with Gasteiger partial charge in [0.2, 0.25) is 0 Å². The molecule has 2 aliphatic heterocycles. The van der Waals surface area contributed by atoms with Gasteiger partial charge in [-0.3, -0.25) is 0 Å². The summed E-state index contributed by atoms with van der Waals surface area (Å²) in [4.78, 5) is 18.5. The molecule has 2 N–H and O–H groups in total. The maximum absolute atomic E-state index is 6.19. The topological polar surface area (TPSA) is 94.3 Å². The number of H-pyrrole nitrogens is 2. The molecule has 0 atom stereocenters. The van der Waals surface area contributed by atoms with E-state index in [1.54, 1.807) is 21.3 Å². The highest BCUT2D eigenvalue weighted by atomic mass is 79.9. The SMILES string of the molecule is COc1ccc(-c2c3nc(c(-c4ccc(OCCCCCCBr)cc4)c4nc(c(-c5ccc(OC)cc5)c5ccc([nH]5)c(-c5ccc(OC)cc5)c5ccc2[nH]5)C=C4)C=C3)cc1. The highest BCUT2D eigenvalue weighted by molar-refractivity contribution is 9.09. The molecule has 9 rings (SSSR count). The lowest BCUT2D eigenvalue weighted by Gasteiger charge is -2.09. The molecule has 0 saturated carbocycles. The third-order valence-corrected chi connectivity index (χ3v) is 11.9. The van der Waals surface area contributed by atoms with Gasteiger partial charge in [0.25, 0.3) is 0 Å². The maximum atomic E-state index is 6.19. The van der Waals surface area contributed by atoms with Crippen LogP contribution in [0.3, 0.4) is 0 Å². The van der Waals surface area contributed by atoms with E-state index in [1.165, 1.54) is 12.8 Å². The summed E-state index contributed by atoms with van der Waals surface area (Å²) in [6.45, 7) is 0.688. The molecular formula is C53H47BrN4O4. The molecule has 3 aromatic heterocycles. The van der Waals surface area contributed by atoms with E-state index in [0.717, 1.165) is 131 Å². The van der Waals surface area contributed by atoms with E-state index in [2.05, 4.69) is 135 Å². The molecule has 0 saturated heterocycles. The molecule has 0 radical (unpaired) electrons. The number of hydrogen-bond acceptors (Lipinski definition) is 6. The maximum Gasteiger partial charge on any atom is 0.119 e. The van der Waals surface area contributed by atoms with E-state index < -0.39 is 0 Å². The van der Waals surface area contributed by atoms with Crippen LogP contribution in [-0.2, 0) is 0 Å². The number of benzene rings is 4. The van der Waals surface area contributed by atoms with Crippen molar-refractivity contribution in [2.75, 3.05) is 33.3 Å². The lowest BCUT2D eigenvalue weighted by molar-refractivity contribution is 0.305. The van der Waals surface area contributed by atoms with Crippen LogP contribution < -0.4 is 18.9 Å². The van der Waals surface area contributed by atoms with Crippen LogP contribution in [-0.4, -0.2) is 53.2 Å². The van der Waals surface area contributed by atoms with Crippen LogP contribution in [0.15, 0.2) is 121 Å². The number of aromatic nitrogens is 4. The fourth-order valence-electron chi connectivity index (χ4n) is 8.15. The summed E-state index contributed by atoms with van der Waals surface area (Å²) in [5, 5.41) is 1.04. The molecule has 9 heteroatoms. The van der Waals surface area contributed by atoms with Crippen molar-refractivity contribution >= 4 is 62.3 Å². The fourth-order valence-corrected chi connectivity index (χ4v) is 8.55. The molecule has 0 amide bonds. The Morgan fingerprint density at radius 1 is 0.387 bits per heavy atom. The molecule has 0 unspecified atom stereocenters. The number of hydrogen-bond donors (Lipinski definition) is 2. The molecule has 0 fully saturated rings. The Kier molecular flexibility index (Phi) is 12.0. The quantitative estimate of drug-likeness (QED) is 0.0834. The summed E-state index contributed by atoms with van der Waals surface area (Å²) in [5.41, 5.74) is 14.9. The predicted octanol–water partition coefficient (Wildman–Crippen LogP) is 13.7. The van der Waals surface area contributed by atoms with E-state index in [4.69, 9.17) is 28.9 Å². The standard InChI is InChI=1S/C53H47BrN4O4/c1-59-38-16-8-34(9-17-38)50-42-24-26-44(55-42)51(35-10-18-39(60-2)19-11-35)46-28-30-48(57-46)53(37-14-22-41(23-15-37)62-33-7-5-4-6-32-54)49-31-29-47(58-49)52(45-27-25-43(50)56-45)36-12-20-40(61-3)21-13-36/h8-31,55-56H,4-7,32-33H2,1-3H3. The first kappa shape index (κ1) is 40.6. The van der Waals surface area contributed by atoms with Crippen molar-refractivity contribution < 1.29 is 18.9 Å². The second kappa shape index (κ2) is 18.4. The smallest absolute Gasteiger partial charge is 0.119 e. The zero-order chi connectivity index (χ0) is 42.4. The fraction of sp³-hybridized carbons (Fsp3) is 0.170. The molecule has 62 heavy (non-hydrogen) atoms. The molecule has 2 aliphatic rings.